The minimum atomic E-state index is -1.01. The summed E-state index contributed by atoms with van der Waals surface area (Å²) in [6, 6.07) is 3.35. The van der Waals surface area contributed by atoms with Crippen molar-refractivity contribution in [3.63, 3.8) is 0 Å². The fraction of sp³-hybridized carbons (Fsp3) is 0.231. The van der Waals surface area contributed by atoms with Gasteiger partial charge in [-0.3, -0.25) is 0 Å². The van der Waals surface area contributed by atoms with E-state index in [1.807, 2.05) is 0 Å². The number of aromatic nitrogens is 1. The molecule has 0 saturated carbocycles. The van der Waals surface area contributed by atoms with Crippen LogP contribution in [0, 0.1) is 18.6 Å². The summed E-state index contributed by atoms with van der Waals surface area (Å²) in [5.41, 5.74) is 0.975. The maximum atomic E-state index is 13.0. The summed E-state index contributed by atoms with van der Waals surface area (Å²) in [7, 11) is 0. The molecule has 0 unspecified atom stereocenters. The van der Waals surface area contributed by atoms with Crippen LogP contribution in [-0.4, -0.2) is 22.6 Å². The van der Waals surface area contributed by atoms with Crippen LogP contribution in [-0.2, 0) is 6.42 Å². The monoisotopic (exact) mass is 298 g/mol. The van der Waals surface area contributed by atoms with Crippen LogP contribution < -0.4 is 5.32 Å². The van der Waals surface area contributed by atoms with E-state index in [-0.39, 0.29) is 4.88 Å². The van der Waals surface area contributed by atoms with Crippen LogP contribution in [0.15, 0.2) is 18.2 Å². The topological polar surface area (TPSA) is 62.2 Å². The highest BCUT2D eigenvalue weighted by molar-refractivity contribution is 7.17. The maximum Gasteiger partial charge on any atom is 0.347 e. The number of carboxylic acid groups (broad SMARTS) is 1. The van der Waals surface area contributed by atoms with Gasteiger partial charge < -0.3 is 10.4 Å². The Morgan fingerprint density at radius 1 is 1.35 bits per heavy atom. The molecule has 20 heavy (non-hydrogen) atoms. The quantitative estimate of drug-likeness (QED) is 0.890. The van der Waals surface area contributed by atoms with E-state index in [1.54, 1.807) is 6.92 Å². The van der Waals surface area contributed by atoms with Crippen molar-refractivity contribution >= 4 is 22.4 Å². The number of aryl methyl sites for hydroxylation is 1. The molecule has 0 aliphatic heterocycles. The van der Waals surface area contributed by atoms with E-state index in [0.29, 0.717) is 29.4 Å². The number of hydrogen-bond acceptors (Lipinski definition) is 4. The molecule has 0 saturated heterocycles. The van der Waals surface area contributed by atoms with Gasteiger partial charge in [0.15, 0.2) is 5.13 Å². The molecule has 0 spiro atoms. The van der Waals surface area contributed by atoms with Crippen molar-refractivity contribution < 1.29 is 18.7 Å². The van der Waals surface area contributed by atoms with Gasteiger partial charge in [-0.2, -0.15) is 0 Å². The van der Waals surface area contributed by atoms with Crippen molar-refractivity contribution in [3.05, 3.63) is 46.0 Å². The van der Waals surface area contributed by atoms with Crippen LogP contribution in [0.4, 0.5) is 13.9 Å². The van der Waals surface area contributed by atoms with Gasteiger partial charge in [0.25, 0.3) is 0 Å². The highest BCUT2D eigenvalue weighted by atomic mass is 32.1. The molecular weight excluding hydrogens is 286 g/mol. The highest BCUT2D eigenvalue weighted by Crippen LogP contribution is 2.22. The predicted molar refractivity (Wildman–Crippen MR) is 72.4 cm³/mol. The SMILES string of the molecule is Cc1nc(NCCc2cc(F)cc(F)c2)sc1C(=O)O. The molecule has 0 aliphatic rings. The average Bonchev–Trinajstić information content (AvgIpc) is 2.69. The third kappa shape index (κ3) is 3.51. The average molecular weight is 298 g/mol. The number of halogens is 2. The summed E-state index contributed by atoms with van der Waals surface area (Å²) in [5.74, 6) is -2.24. The zero-order valence-electron chi connectivity index (χ0n) is 10.6. The van der Waals surface area contributed by atoms with Crippen LogP contribution in [0.25, 0.3) is 0 Å². The molecule has 0 amide bonds. The van der Waals surface area contributed by atoms with Crippen molar-refractivity contribution in [3.8, 4) is 0 Å². The summed E-state index contributed by atoms with van der Waals surface area (Å²) >= 11 is 1.04. The van der Waals surface area contributed by atoms with Gasteiger partial charge in [-0.05, 0) is 31.0 Å². The van der Waals surface area contributed by atoms with E-state index in [0.717, 1.165) is 17.4 Å². The third-order valence-corrected chi connectivity index (χ3v) is 3.71. The number of hydrogen-bond donors (Lipinski definition) is 2. The Morgan fingerprint density at radius 2 is 2.00 bits per heavy atom. The third-order valence-electron chi connectivity index (χ3n) is 2.60. The lowest BCUT2D eigenvalue weighted by Crippen LogP contribution is -2.05. The standard InChI is InChI=1S/C13H12F2N2O2S/c1-7-11(12(18)19)20-13(17-7)16-3-2-8-4-9(14)6-10(15)5-8/h4-6H,2-3H2,1H3,(H,16,17)(H,18,19). The van der Waals surface area contributed by atoms with Crippen molar-refractivity contribution in [1.29, 1.82) is 0 Å². The van der Waals surface area contributed by atoms with Crippen molar-refractivity contribution in [2.45, 2.75) is 13.3 Å². The first kappa shape index (κ1) is 14.4. The first-order chi connectivity index (χ1) is 9.45. The fourth-order valence-corrected chi connectivity index (χ4v) is 2.57. The second-order valence-corrected chi connectivity index (χ2v) is 5.19. The molecule has 4 nitrogen and oxygen atoms in total. The minimum absolute atomic E-state index is 0.185. The van der Waals surface area contributed by atoms with Crippen LogP contribution in [0.3, 0.4) is 0 Å². The number of thiazole rings is 1. The molecule has 2 aromatic rings. The Morgan fingerprint density at radius 3 is 2.55 bits per heavy atom. The number of nitrogens with zero attached hydrogens (tertiary/aromatic N) is 1. The Labute approximate surface area is 118 Å². The summed E-state index contributed by atoms with van der Waals surface area (Å²) < 4.78 is 26.0. The summed E-state index contributed by atoms with van der Waals surface area (Å²) in [4.78, 5) is 15.1. The molecule has 0 fully saturated rings. The molecule has 0 bridgehead atoms. The molecule has 106 valence electrons. The molecule has 0 atom stereocenters. The normalized spacial score (nSPS) is 10.6. The van der Waals surface area contributed by atoms with Crippen LogP contribution >= 0.6 is 11.3 Å². The van der Waals surface area contributed by atoms with E-state index < -0.39 is 17.6 Å². The van der Waals surface area contributed by atoms with Gasteiger partial charge in [0.05, 0.1) is 5.69 Å². The number of anilines is 1. The number of nitrogens with one attached hydrogen (secondary N) is 1. The first-order valence-electron chi connectivity index (χ1n) is 5.85. The van der Waals surface area contributed by atoms with Gasteiger partial charge in [0.1, 0.15) is 16.5 Å². The Balaban J connectivity index is 1.96. The summed E-state index contributed by atoms with van der Waals surface area (Å²) in [5, 5.41) is 12.3. The second kappa shape index (κ2) is 5.96. The predicted octanol–water partition coefficient (Wildman–Crippen LogP) is 3.08. The Hall–Kier alpha value is -2.02. The van der Waals surface area contributed by atoms with Gasteiger partial charge in [-0.1, -0.05) is 11.3 Å². The fourth-order valence-electron chi connectivity index (χ4n) is 1.74. The highest BCUT2D eigenvalue weighted by Gasteiger charge is 2.13. The minimum Gasteiger partial charge on any atom is -0.477 e. The number of benzene rings is 1. The lowest BCUT2D eigenvalue weighted by Gasteiger charge is -2.03. The molecule has 2 N–H and O–H groups in total. The number of aromatic carboxylic acids is 1. The first-order valence-corrected chi connectivity index (χ1v) is 6.67. The van der Waals surface area contributed by atoms with Crippen molar-refractivity contribution in [2.75, 3.05) is 11.9 Å². The largest absolute Gasteiger partial charge is 0.477 e. The summed E-state index contributed by atoms with van der Waals surface area (Å²) in [6.45, 7) is 2.03. The number of rotatable bonds is 5. The van der Waals surface area contributed by atoms with Crippen LogP contribution in [0.1, 0.15) is 20.9 Å². The van der Waals surface area contributed by atoms with Gasteiger partial charge >= 0.3 is 5.97 Å². The van der Waals surface area contributed by atoms with Gasteiger partial charge in [0, 0.05) is 12.6 Å². The van der Waals surface area contributed by atoms with Crippen molar-refractivity contribution in [2.24, 2.45) is 0 Å². The molecule has 1 aromatic carbocycles. The van der Waals surface area contributed by atoms with E-state index in [9.17, 15) is 13.6 Å². The van der Waals surface area contributed by atoms with E-state index in [2.05, 4.69) is 10.3 Å². The lowest BCUT2D eigenvalue weighted by molar-refractivity contribution is 0.0701. The number of carbonyl (C=O) groups is 1. The van der Waals surface area contributed by atoms with E-state index in [1.165, 1.54) is 12.1 Å². The molecule has 1 heterocycles. The zero-order valence-corrected chi connectivity index (χ0v) is 11.4. The molecule has 1 aromatic heterocycles. The Bertz CT molecular complexity index is 623. The Kier molecular flexibility index (Phi) is 4.29. The molecule has 0 radical (unpaired) electrons. The van der Waals surface area contributed by atoms with Gasteiger partial charge in [-0.25, -0.2) is 18.6 Å². The van der Waals surface area contributed by atoms with Crippen LogP contribution in [0.2, 0.25) is 0 Å². The second-order valence-electron chi connectivity index (χ2n) is 4.19. The van der Waals surface area contributed by atoms with Crippen LogP contribution in [0.5, 0.6) is 0 Å². The maximum absolute atomic E-state index is 13.0. The lowest BCUT2D eigenvalue weighted by atomic mass is 10.1. The van der Waals surface area contributed by atoms with E-state index >= 15 is 0 Å². The van der Waals surface area contributed by atoms with Crippen molar-refractivity contribution in [1.82, 2.24) is 4.98 Å². The molecule has 7 heteroatoms. The zero-order chi connectivity index (χ0) is 14.7. The van der Waals surface area contributed by atoms with E-state index in [4.69, 9.17) is 5.11 Å². The summed E-state index contributed by atoms with van der Waals surface area (Å²) in [6.07, 6.45) is 0.412. The smallest absolute Gasteiger partial charge is 0.347 e. The van der Waals surface area contributed by atoms with Gasteiger partial charge in [0.2, 0.25) is 0 Å². The molecule has 0 aliphatic carbocycles. The molecule has 2 rings (SSSR count). The molecular formula is C13H12F2N2O2S. The van der Waals surface area contributed by atoms with Gasteiger partial charge in [-0.15, -0.1) is 0 Å². The number of carboxylic acids is 1.